The Bertz CT molecular complexity index is 1120. The van der Waals surface area contributed by atoms with Gasteiger partial charge in [-0.05, 0) is 34.9 Å². The van der Waals surface area contributed by atoms with Gasteiger partial charge in [0.1, 0.15) is 23.6 Å². The predicted octanol–water partition coefficient (Wildman–Crippen LogP) is 2.58. The summed E-state index contributed by atoms with van der Waals surface area (Å²) in [4.78, 5) is 17.1. The van der Waals surface area contributed by atoms with E-state index in [1.54, 1.807) is 12.3 Å². The van der Waals surface area contributed by atoms with E-state index in [9.17, 15) is 4.79 Å². The van der Waals surface area contributed by atoms with Crippen LogP contribution in [0, 0.1) is 0 Å². The van der Waals surface area contributed by atoms with E-state index >= 15 is 0 Å². The zero-order valence-corrected chi connectivity index (χ0v) is 15.0. The highest BCUT2D eigenvalue weighted by molar-refractivity contribution is 5.56. The number of fused-ring (bicyclic) bond motifs is 1. The topological polar surface area (TPSA) is 98.1 Å². The number of aromatic amines is 1. The molecule has 4 aromatic rings. The Morgan fingerprint density at radius 1 is 1.19 bits per heavy atom. The minimum atomic E-state index is -0.260. The molecule has 0 unspecified atom stereocenters. The van der Waals surface area contributed by atoms with Gasteiger partial charge in [0.25, 0.3) is 5.56 Å². The number of aromatic nitrogens is 6. The molecular weight excluding hydrogens is 344 g/mol. The Labute approximate surface area is 154 Å². The fraction of sp³-hybridized carbons (Fsp3) is 0.211. The first-order chi connectivity index (χ1) is 13.1. The van der Waals surface area contributed by atoms with Crippen LogP contribution in [0.2, 0.25) is 0 Å². The number of hydrogen-bond acceptors (Lipinski definition) is 6. The summed E-state index contributed by atoms with van der Waals surface area (Å²) in [5, 5.41) is 13.5. The van der Waals surface area contributed by atoms with Gasteiger partial charge in [0.15, 0.2) is 0 Å². The highest BCUT2D eigenvalue weighted by Crippen LogP contribution is 2.20. The van der Waals surface area contributed by atoms with Crippen molar-refractivity contribution in [3.63, 3.8) is 0 Å². The smallest absolute Gasteiger partial charge is 0.269 e. The Morgan fingerprint density at radius 3 is 2.70 bits per heavy atom. The molecule has 1 aromatic carbocycles. The number of pyridine rings is 1. The van der Waals surface area contributed by atoms with Crippen LogP contribution in [0.1, 0.15) is 30.9 Å². The first-order valence-electron chi connectivity index (χ1n) is 8.59. The van der Waals surface area contributed by atoms with Gasteiger partial charge in [-0.3, -0.25) is 9.20 Å². The zero-order valence-electron chi connectivity index (χ0n) is 15.0. The molecule has 8 heteroatoms. The molecule has 0 bridgehead atoms. The number of benzene rings is 1. The number of hydrogen-bond donors (Lipinski definition) is 1. The molecule has 1 N–H and O–H groups in total. The number of nitrogens with one attached hydrogen (secondary N) is 1. The van der Waals surface area contributed by atoms with Gasteiger partial charge in [0.2, 0.25) is 5.82 Å². The molecule has 0 atom stereocenters. The Hall–Kier alpha value is -3.55. The minimum Gasteiger partial charge on any atom is -0.489 e. The second kappa shape index (κ2) is 6.99. The average molecular weight is 362 g/mol. The summed E-state index contributed by atoms with van der Waals surface area (Å²) in [6.45, 7) is 4.61. The molecule has 0 saturated carbocycles. The summed E-state index contributed by atoms with van der Waals surface area (Å²) in [6.07, 6.45) is 3.12. The second-order valence-electron chi connectivity index (χ2n) is 6.45. The lowest BCUT2D eigenvalue weighted by molar-refractivity contribution is 0.307. The van der Waals surface area contributed by atoms with Gasteiger partial charge in [0.05, 0.1) is 0 Å². The van der Waals surface area contributed by atoms with Crippen molar-refractivity contribution in [2.75, 3.05) is 0 Å². The molecule has 0 spiro atoms. The fourth-order valence-corrected chi connectivity index (χ4v) is 2.82. The van der Waals surface area contributed by atoms with Crippen LogP contribution in [0.4, 0.5) is 0 Å². The number of tetrazole rings is 1. The largest absolute Gasteiger partial charge is 0.489 e. The molecule has 3 heterocycles. The summed E-state index contributed by atoms with van der Waals surface area (Å²) < 4.78 is 7.35. The van der Waals surface area contributed by atoms with E-state index < -0.39 is 0 Å². The predicted molar refractivity (Wildman–Crippen MR) is 99.5 cm³/mol. The molecule has 0 amide bonds. The molecule has 4 rings (SSSR count). The highest BCUT2D eigenvalue weighted by Gasteiger charge is 2.13. The third kappa shape index (κ3) is 3.29. The van der Waals surface area contributed by atoms with Gasteiger partial charge in [0, 0.05) is 18.0 Å². The number of H-pyrrole nitrogens is 1. The summed E-state index contributed by atoms with van der Waals surface area (Å²) in [5.74, 6) is 1.46. The van der Waals surface area contributed by atoms with Crippen molar-refractivity contribution >= 4 is 5.65 Å². The fourth-order valence-electron chi connectivity index (χ4n) is 2.82. The van der Waals surface area contributed by atoms with Crippen LogP contribution in [0.5, 0.6) is 5.75 Å². The summed E-state index contributed by atoms with van der Waals surface area (Å²) in [7, 11) is 0. The molecule has 27 heavy (non-hydrogen) atoms. The van der Waals surface area contributed by atoms with E-state index in [1.807, 2.05) is 18.2 Å². The normalized spacial score (nSPS) is 11.2. The van der Waals surface area contributed by atoms with Crippen molar-refractivity contribution in [1.29, 1.82) is 0 Å². The molecule has 3 aromatic heterocycles. The van der Waals surface area contributed by atoms with Crippen LogP contribution in [0.15, 0.2) is 53.6 Å². The maximum Gasteiger partial charge on any atom is 0.269 e. The SMILES string of the molecule is CC(C)c1ccc(OCc2cccn3c(=O)c(-c4nn[nH]n4)cnc23)cc1. The molecule has 0 fully saturated rings. The lowest BCUT2D eigenvalue weighted by atomic mass is 10.0. The van der Waals surface area contributed by atoms with Crippen molar-refractivity contribution in [2.24, 2.45) is 0 Å². The maximum atomic E-state index is 12.7. The van der Waals surface area contributed by atoms with E-state index in [0.29, 0.717) is 18.2 Å². The molecule has 8 nitrogen and oxygen atoms in total. The van der Waals surface area contributed by atoms with Crippen LogP contribution in [0.3, 0.4) is 0 Å². The van der Waals surface area contributed by atoms with Gasteiger partial charge in [-0.1, -0.05) is 32.0 Å². The highest BCUT2D eigenvalue weighted by atomic mass is 16.5. The zero-order chi connectivity index (χ0) is 18.8. The minimum absolute atomic E-state index is 0.216. The van der Waals surface area contributed by atoms with E-state index in [4.69, 9.17) is 4.74 Å². The number of ether oxygens (including phenoxy) is 1. The van der Waals surface area contributed by atoms with Gasteiger partial charge in [-0.15, -0.1) is 10.2 Å². The lowest BCUT2D eigenvalue weighted by Crippen LogP contribution is -2.18. The first-order valence-corrected chi connectivity index (χ1v) is 8.59. The second-order valence-corrected chi connectivity index (χ2v) is 6.45. The maximum absolute atomic E-state index is 12.7. The third-order valence-electron chi connectivity index (χ3n) is 4.34. The number of nitrogens with zero attached hydrogens (tertiary/aromatic N) is 5. The third-order valence-corrected chi connectivity index (χ3v) is 4.34. The average Bonchev–Trinajstić information content (AvgIpc) is 3.21. The molecular formula is C19H18N6O2. The van der Waals surface area contributed by atoms with E-state index in [2.05, 4.69) is 51.6 Å². The monoisotopic (exact) mass is 362 g/mol. The number of rotatable bonds is 5. The van der Waals surface area contributed by atoms with Crippen molar-refractivity contribution in [2.45, 2.75) is 26.4 Å². The Balaban J connectivity index is 1.62. The van der Waals surface area contributed by atoms with Gasteiger partial charge >= 0.3 is 0 Å². The van der Waals surface area contributed by atoms with Gasteiger partial charge < -0.3 is 4.74 Å². The molecule has 0 aliphatic rings. The van der Waals surface area contributed by atoms with Crippen molar-refractivity contribution in [3.05, 3.63) is 70.3 Å². The molecule has 136 valence electrons. The Morgan fingerprint density at radius 2 is 2.00 bits per heavy atom. The van der Waals surface area contributed by atoms with Crippen molar-refractivity contribution < 1.29 is 4.74 Å². The van der Waals surface area contributed by atoms with Gasteiger partial charge in [-0.25, -0.2) is 4.98 Å². The first kappa shape index (κ1) is 16.9. The molecule has 0 aliphatic carbocycles. The standard InChI is InChI=1S/C19H18N6O2/c1-12(2)13-5-7-15(8-6-13)27-11-14-4-3-9-25-18(14)20-10-16(19(25)26)17-21-23-24-22-17/h3-10,12H,11H2,1-2H3,(H,21,22,23,24). The van der Waals surface area contributed by atoms with E-state index in [1.165, 1.54) is 16.2 Å². The van der Waals surface area contributed by atoms with E-state index in [-0.39, 0.29) is 16.9 Å². The molecule has 0 aliphatic heterocycles. The van der Waals surface area contributed by atoms with E-state index in [0.717, 1.165) is 11.3 Å². The van der Waals surface area contributed by atoms with Crippen LogP contribution < -0.4 is 10.3 Å². The van der Waals surface area contributed by atoms with Gasteiger partial charge in [-0.2, -0.15) is 5.21 Å². The Kier molecular flexibility index (Phi) is 4.37. The summed E-state index contributed by atoms with van der Waals surface area (Å²) >= 11 is 0. The lowest BCUT2D eigenvalue weighted by Gasteiger charge is -2.11. The van der Waals surface area contributed by atoms with Crippen molar-refractivity contribution in [3.8, 4) is 17.1 Å². The van der Waals surface area contributed by atoms with Crippen LogP contribution in [-0.4, -0.2) is 30.0 Å². The molecule has 0 saturated heterocycles. The summed E-state index contributed by atoms with van der Waals surface area (Å²) in [6, 6.07) is 11.7. The quantitative estimate of drug-likeness (QED) is 0.586. The van der Waals surface area contributed by atoms with Crippen LogP contribution >= 0.6 is 0 Å². The van der Waals surface area contributed by atoms with Crippen LogP contribution in [0.25, 0.3) is 17.0 Å². The van der Waals surface area contributed by atoms with Crippen molar-refractivity contribution in [1.82, 2.24) is 30.0 Å². The summed E-state index contributed by atoms with van der Waals surface area (Å²) in [5.41, 5.74) is 2.62. The van der Waals surface area contributed by atoms with Crippen LogP contribution in [-0.2, 0) is 6.61 Å². The molecule has 0 radical (unpaired) electrons.